The number of carbonyl (C=O) groups is 1. The van der Waals surface area contributed by atoms with Crippen LogP contribution < -0.4 is 5.32 Å². The predicted octanol–water partition coefficient (Wildman–Crippen LogP) is 4.38. The summed E-state index contributed by atoms with van der Waals surface area (Å²) < 4.78 is 3.66. The first-order chi connectivity index (χ1) is 15.6. The number of aromatic nitrogens is 6. The number of pyridine rings is 1. The molecule has 0 bridgehead atoms. The highest BCUT2D eigenvalue weighted by molar-refractivity contribution is 5.66. The van der Waals surface area contributed by atoms with E-state index in [1.165, 1.54) is 6.33 Å². The maximum absolute atomic E-state index is 11.8. The zero-order valence-electron chi connectivity index (χ0n) is 19.8. The van der Waals surface area contributed by atoms with Crippen LogP contribution in [0.25, 0.3) is 5.69 Å². The molecular formula is C23H32N8O2. The Labute approximate surface area is 193 Å². The van der Waals surface area contributed by atoms with Gasteiger partial charge in [0.2, 0.25) is 0 Å². The summed E-state index contributed by atoms with van der Waals surface area (Å²) in [5.41, 5.74) is 1.59. The van der Waals surface area contributed by atoms with Crippen molar-refractivity contribution in [1.82, 2.24) is 34.4 Å². The quantitative estimate of drug-likeness (QED) is 0.570. The Balaban J connectivity index is 1.59. The van der Waals surface area contributed by atoms with Crippen LogP contribution in [-0.4, -0.2) is 57.7 Å². The normalized spacial score (nSPS) is 18.6. The highest BCUT2D eigenvalue weighted by atomic mass is 16.4. The molecule has 1 aliphatic carbocycles. The predicted molar refractivity (Wildman–Crippen MR) is 125 cm³/mol. The molecule has 0 unspecified atom stereocenters. The Kier molecular flexibility index (Phi) is 6.09. The lowest BCUT2D eigenvalue weighted by molar-refractivity contribution is 0.108. The summed E-state index contributed by atoms with van der Waals surface area (Å²) in [6.45, 7) is 10.2. The summed E-state index contributed by atoms with van der Waals surface area (Å²) in [7, 11) is 0. The lowest BCUT2D eigenvalue weighted by Crippen LogP contribution is -2.42. The van der Waals surface area contributed by atoms with Crippen molar-refractivity contribution < 1.29 is 9.90 Å². The molecule has 0 aromatic carbocycles. The van der Waals surface area contributed by atoms with E-state index >= 15 is 0 Å². The van der Waals surface area contributed by atoms with Gasteiger partial charge in [0.25, 0.3) is 0 Å². The second-order valence-corrected chi connectivity index (χ2v) is 9.85. The number of amides is 1. The Bertz CT molecular complexity index is 1100. The smallest absolute Gasteiger partial charge is 0.407 e. The highest BCUT2D eigenvalue weighted by Gasteiger charge is 2.36. The molecule has 1 amide bonds. The Morgan fingerprint density at radius 1 is 1.27 bits per heavy atom. The van der Waals surface area contributed by atoms with Gasteiger partial charge in [-0.05, 0) is 59.9 Å². The summed E-state index contributed by atoms with van der Waals surface area (Å²) in [6.07, 6.45) is 6.57. The molecule has 1 fully saturated rings. The van der Waals surface area contributed by atoms with Gasteiger partial charge in [-0.1, -0.05) is 0 Å². The third kappa shape index (κ3) is 4.84. The SMILES string of the molecule is CC(C)N(C(=O)O)[C@@H]1CC[C@H](c2cc(Nc3cc(-n4cncn4)ccn3)n(C(C)(C)C)n2)C1. The van der Waals surface area contributed by atoms with E-state index in [0.29, 0.717) is 5.82 Å². The van der Waals surface area contributed by atoms with Gasteiger partial charge in [0.05, 0.1) is 16.9 Å². The van der Waals surface area contributed by atoms with E-state index in [1.54, 1.807) is 22.1 Å². The van der Waals surface area contributed by atoms with Gasteiger partial charge in [0.1, 0.15) is 24.3 Å². The fraction of sp³-hybridized carbons (Fsp3) is 0.522. The van der Waals surface area contributed by atoms with Crippen molar-refractivity contribution in [2.45, 2.75) is 77.4 Å². The number of nitrogens with one attached hydrogen (secondary N) is 1. The molecule has 1 saturated carbocycles. The molecule has 1 aliphatic rings. The van der Waals surface area contributed by atoms with E-state index in [2.05, 4.69) is 47.2 Å². The minimum absolute atomic E-state index is 0.0183. The standard InChI is InChI=1S/C23H32N8O2/c1-15(2)30(22(32)33)18-7-6-16(10-18)19-12-21(31(28-19)23(3,4)5)27-20-11-17(8-9-25-20)29-14-24-13-26-29/h8-9,11-16,18H,6-7,10H2,1-5H3,(H,25,27)(H,32,33)/t16-,18+/m0/s1. The van der Waals surface area contributed by atoms with Crippen molar-refractivity contribution in [2.24, 2.45) is 0 Å². The molecule has 2 atom stereocenters. The van der Waals surface area contributed by atoms with Gasteiger partial charge in [-0.15, -0.1) is 0 Å². The van der Waals surface area contributed by atoms with E-state index < -0.39 is 6.09 Å². The number of hydrogen-bond donors (Lipinski definition) is 2. The molecule has 10 nitrogen and oxygen atoms in total. The average molecular weight is 453 g/mol. The van der Waals surface area contributed by atoms with Crippen LogP contribution in [0.15, 0.2) is 37.1 Å². The molecule has 33 heavy (non-hydrogen) atoms. The van der Waals surface area contributed by atoms with Crippen molar-refractivity contribution in [2.75, 3.05) is 5.32 Å². The van der Waals surface area contributed by atoms with E-state index in [4.69, 9.17) is 5.10 Å². The van der Waals surface area contributed by atoms with Gasteiger partial charge in [0.15, 0.2) is 0 Å². The van der Waals surface area contributed by atoms with Crippen LogP contribution >= 0.6 is 0 Å². The minimum Gasteiger partial charge on any atom is -0.465 e. The number of rotatable bonds is 6. The minimum atomic E-state index is -0.850. The van der Waals surface area contributed by atoms with Crippen LogP contribution in [-0.2, 0) is 5.54 Å². The van der Waals surface area contributed by atoms with Gasteiger partial charge in [-0.2, -0.15) is 10.2 Å². The number of hydrogen-bond acceptors (Lipinski definition) is 6. The molecule has 10 heteroatoms. The van der Waals surface area contributed by atoms with Crippen molar-refractivity contribution in [3.05, 3.63) is 42.7 Å². The molecule has 0 spiro atoms. The molecule has 3 aromatic heterocycles. The van der Waals surface area contributed by atoms with Crippen molar-refractivity contribution in [3.63, 3.8) is 0 Å². The van der Waals surface area contributed by atoms with Crippen LogP contribution in [0.5, 0.6) is 0 Å². The largest absolute Gasteiger partial charge is 0.465 e. The third-order valence-electron chi connectivity index (χ3n) is 6.04. The molecule has 4 rings (SSSR count). The molecule has 2 N–H and O–H groups in total. The monoisotopic (exact) mass is 452 g/mol. The molecule has 0 saturated heterocycles. The first-order valence-corrected chi connectivity index (χ1v) is 11.3. The zero-order chi connectivity index (χ0) is 23.8. The summed E-state index contributed by atoms with van der Waals surface area (Å²) in [5.74, 6) is 1.75. The van der Waals surface area contributed by atoms with Crippen LogP contribution in [0.3, 0.4) is 0 Å². The maximum atomic E-state index is 11.8. The van der Waals surface area contributed by atoms with Gasteiger partial charge < -0.3 is 15.3 Å². The van der Waals surface area contributed by atoms with E-state index in [1.807, 2.05) is 30.7 Å². The van der Waals surface area contributed by atoms with Gasteiger partial charge in [-0.3, -0.25) is 0 Å². The van der Waals surface area contributed by atoms with Crippen LogP contribution in [0.2, 0.25) is 0 Å². The van der Waals surface area contributed by atoms with Crippen molar-refractivity contribution in [3.8, 4) is 5.69 Å². The van der Waals surface area contributed by atoms with E-state index in [-0.39, 0.29) is 23.5 Å². The molecule has 176 valence electrons. The number of nitrogens with zero attached hydrogens (tertiary/aromatic N) is 7. The van der Waals surface area contributed by atoms with Gasteiger partial charge >= 0.3 is 6.09 Å². The Hall–Kier alpha value is -3.43. The maximum Gasteiger partial charge on any atom is 0.407 e. The van der Waals surface area contributed by atoms with Gasteiger partial charge in [0, 0.05) is 36.3 Å². The Morgan fingerprint density at radius 3 is 2.70 bits per heavy atom. The van der Waals surface area contributed by atoms with E-state index in [0.717, 1.165) is 36.5 Å². The van der Waals surface area contributed by atoms with Crippen molar-refractivity contribution in [1.29, 1.82) is 0 Å². The fourth-order valence-corrected chi connectivity index (χ4v) is 4.58. The first kappa shape index (κ1) is 22.8. The third-order valence-corrected chi connectivity index (χ3v) is 6.04. The van der Waals surface area contributed by atoms with Crippen LogP contribution in [0.1, 0.15) is 65.5 Å². The van der Waals surface area contributed by atoms with E-state index in [9.17, 15) is 9.90 Å². The number of carboxylic acid groups (broad SMARTS) is 1. The number of anilines is 2. The second kappa shape index (κ2) is 8.84. The molecular weight excluding hydrogens is 420 g/mol. The second-order valence-electron chi connectivity index (χ2n) is 9.85. The summed E-state index contributed by atoms with van der Waals surface area (Å²) in [6, 6.07) is 5.83. The molecule has 0 aliphatic heterocycles. The summed E-state index contributed by atoms with van der Waals surface area (Å²) in [4.78, 5) is 21.8. The fourth-order valence-electron chi connectivity index (χ4n) is 4.58. The molecule has 3 heterocycles. The molecule has 0 radical (unpaired) electrons. The molecule has 3 aromatic rings. The first-order valence-electron chi connectivity index (χ1n) is 11.3. The zero-order valence-corrected chi connectivity index (χ0v) is 19.8. The van der Waals surface area contributed by atoms with Crippen LogP contribution in [0.4, 0.5) is 16.4 Å². The highest BCUT2D eigenvalue weighted by Crippen LogP contribution is 2.39. The average Bonchev–Trinajstić information content (AvgIpc) is 3.48. The summed E-state index contributed by atoms with van der Waals surface area (Å²) in [5, 5.41) is 22.2. The lowest BCUT2D eigenvalue weighted by Gasteiger charge is -2.30. The van der Waals surface area contributed by atoms with Crippen LogP contribution in [0, 0.1) is 0 Å². The van der Waals surface area contributed by atoms with Gasteiger partial charge in [-0.25, -0.2) is 24.1 Å². The summed E-state index contributed by atoms with van der Waals surface area (Å²) >= 11 is 0. The topological polar surface area (TPSA) is 114 Å². The van der Waals surface area contributed by atoms with Crippen molar-refractivity contribution >= 4 is 17.7 Å². The Morgan fingerprint density at radius 2 is 2.06 bits per heavy atom. The lowest BCUT2D eigenvalue weighted by atomic mass is 10.0.